The van der Waals surface area contributed by atoms with E-state index in [1.807, 2.05) is 0 Å². The van der Waals surface area contributed by atoms with Crippen LogP contribution in [0.3, 0.4) is 0 Å². The Bertz CT molecular complexity index is 214. The average Bonchev–Trinajstić information content (AvgIpc) is 2.59. The van der Waals surface area contributed by atoms with Crippen LogP contribution in [0.5, 0.6) is 0 Å². The molecule has 1 heteroatoms. The molecule has 152 valence electrons. The Kier molecular flexibility index (Phi) is 21.3. The normalized spacial score (nSPS) is 13.9. The number of hydrogen-bond donors (Lipinski definition) is 0. The van der Waals surface area contributed by atoms with Crippen molar-refractivity contribution >= 4 is 15.0 Å². The molecule has 0 spiro atoms. The van der Waals surface area contributed by atoms with Crippen molar-refractivity contribution in [3.63, 3.8) is 0 Å². The molecule has 0 aromatic heterocycles. The summed E-state index contributed by atoms with van der Waals surface area (Å²) >= 11 is 0.877. The summed E-state index contributed by atoms with van der Waals surface area (Å²) in [5.74, 6) is 0. The Hall–Kier alpha value is 0.519. The van der Waals surface area contributed by atoms with Crippen molar-refractivity contribution in [1.82, 2.24) is 0 Å². The van der Waals surface area contributed by atoms with E-state index >= 15 is 0 Å². The molecule has 0 aromatic carbocycles. The fourth-order valence-corrected chi connectivity index (χ4v) is 6.60. The van der Waals surface area contributed by atoms with Gasteiger partial charge in [-0.3, -0.25) is 0 Å². The molecule has 0 aliphatic rings. The molecule has 0 N–H and O–H groups in total. The van der Waals surface area contributed by atoms with Crippen LogP contribution in [0.1, 0.15) is 143 Å². The Labute approximate surface area is 167 Å². The summed E-state index contributed by atoms with van der Waals surface area (Å²) in [7, 11) is 0. The molecular weight excluding hydrogens is 367 g/mol. The van der Waals surface area contributed by atoms with Crippen LogP contribution in [0.2, 0.25) is 9.63 Å². The second kappa shape index (κ2) is 20.8. The Balaban J connectivity index is 3.31. The first-order valence-electron chi connectivity index (χ1n) is 11.9. The van der Waals surface area contributed by atoms with Gasteiger partial charge in [-0.15, -0.1) is 0 Å². The number of rotatable bonds is 20. The minimum absolute atomic E-state index is 0.877. The first-order valence-corrected chi connectivity index (χ1v) is 13.8. The van der Waals surface area contributed by atoms with Crippen molar-refractivity contribution in [2.24, 2.45) is 0 Å². The van der Waals surface area contributed by atoms with Crippen LogP contribution in [0.4, 0.5) is 0 Å². The maximum absolute atomic E-state index is 2.52. The van der Waals surface area contributed by atoms with Crippen molar-refractivity contribution in [2.75, 3.05) is 0 Å². The number of hydrogen-bond acceptors (Lipinski definition) is 0. The Morgan fingerprint density at radius 1 is 0.440 bits per heavy atom. The van der Waals surface area contributed by atoms with Crippen molar-refractivity contribution in [3.8, 4) is 0 Å². The molecule has 2 atom stereocenters. The van der Waals surface area contributed by atoms with Crippen molar-refractivity contribution in [2.45, 2.75) is 153 Å². The van der Waals surface area contributed by atoms with Gasteiger partial charge < -0.3 is 0 Å². The fraction of sp³-hybridized carbons (Fsp3) is 1.00. The summed E-state index contributed by atoms with van der Waals surface area (Å²) in [6.07, 6.45) is 26.4. The molecule has 0 aromatic rings. The van der Waals surface area contributed by atoms with Crippen LogP contribution in [-0.2, 0) is 0 Å². The first kappa shape index (κ1) is 25.5. The Morgan fingerprint density at radius 2 is 0.720 bits per heavy atom. The SMILES string of the molecule is CCCCCCCCCCC(C)[Se]C(C)CCCCCCCCCC. The molecule has 2 unspecified atom stereocenters. The summed E-state index contributed by atoms with van der Waals surface area (Å²) in [6.45, 7) is 9.65. The number of unbranched alkanes of at least 4 members (excludes halogenated alkanes) is 14. The van der Waals surface area contributed by atoms with Crippen LogP contribution in [-0.4, -0.2) is 15.0 Å². The zero-order valence-corrected chi connectivity index (χ0v) is 20.0. The summed E-state index contributed by atoms with van der Waals surface area (Å²) < 4.78 is 0. The van der Waals surface area contributed by atoms with E-state index in [0.29, 0.717) is 0 Å². The monoisotopic (exact) mass is 418 g/mol. The van der Waals surface area contributed by atoms with Crippen molar-refractivity contribution < 1.29 is 0 Å². The molecule has 0 fully saturated rings. The van der Waals surface area contributed by atoms with Gasteiger partial charge in [0.15, 0.2) is 0 Å². The summed E-state index contributed by atoms with van der Waals surface area (Å²) in [5, 5.41) is 0. The van der Waals surface area contributed by atoms with Crippen LogP contribution in [0.25, 0.3) is 0 Å². The third-order valence-electron chi connectivity index (χ3n) is 5.39. The molecule has 0 saturated heterocycles. The van der Waals surface area contributed by atoms with E-state index in [2.05, 4.69) is 27.7 Å². The van der Waals surface area contributed by atoms with E-state index in [-0.39, 0.29) is 0 Å². The average molecular weight is 418 g/mol. The minimum atomic E-state index is 0.877. The zero-order chi connectivity index (χ0) is 18.6. The summed E-state index contributed by atoms with van der Waals surface area (Å²) in [5.41, 5.74) is 0. The Morgan fingerprint density at radius 3 is 1.04 bits per heavy atom. The van der Waals surface area contributed by atoms with E-state index < -0.39 is 0 Å². The third-order valence-corrected chi connectivity index (χ3v) is 8.33. The van der Waals surface area contributed by atoms with E-state index in [4.69, 9.17) is 0 Å². The van der Waals surface area contributed by atoms with Gasteiger partial charge in [0.25, 0.3) is 0 Å². The predicted molar refractivity (Wildman–Crippen MR) is 119 cm³/mol. The van der Waals surface area contributed by atoms with Gasteiger partial charge in [0.1, 0.15) is 0 Å². The molecule has 0 amide bonds. The topological polar surface area (TPSA) is 0 Å². The second-order valence-electron chi connectivity index (χ2n) is 8.28. The zero-order valence-electron chi connectivity index (χ0n) is 18.3. The summed E-state index contributed by atoms with van der Waals surface area (Å²) in [4.78, 5) is 2.02. The molecule has 0 heterocycles. The van der Waals surface area contributed by atoms with Gasteiger partial charge in [-0.05, 0) is 0 Å². The molecular formula is C24H50Se. The molecule has 0 saturated carbocycles. The molecule has 25 heavy (non-hydrogen) atoms. The van der Waals surface area contributed by atoms with E-state index in [0.717, 1.165) is 24.6 Å². The van der Waals surface area contributed by atoms with Crippen LogP contribution in [0, 0.1) is 0 Å². The van der Waals surface area contributed by atoms with E-state index in [1.165, 1.54) is 116 Å². The molecule has 0 nitrogen and oxygen atoms in total. The van der Waals surface area contributed by atoms with Crippen molar-refractivity contribution in [3.05, 3.63) is 0 Å². The molecule has 0 radical (unpaired) electrons. The van der Waals surface area contributed by atoms with Gasteiger partial charge in [-0.1, -0.05) is 0 Å². The van der Waals surface area contributed by atoms with Gasteiger partial charge in [-0.2, -0.15) is 0 Å². The van der Waals surface area contributed by atoms with Gasteiger partial charge in [0.2, 0.25) is 0 Å². The predicted octanol–water partition coefficient (Wildman–Crippen LogP) is 9.37. The van der Waals surface area contributed by atoms with Gasteiger partial charge in [0, 0.05) is 0 Å². The fourth-order valence-electron chi connectivity index (χ4n) is 3.66. The van der Waals surface area contributed by atoms with Gasteiger partial charge in [-0.25, -0.2) is 0 Å². The molecule has 0 aliphatic carbocycles. The van der Waals surface area contributed by atoms with E-state index in [1.54, 1.807) is 0 Å². The van der Waals surface area contributed by atoms with Crippen LogP contribution < -0.4 is 0 Å². The van der Waals surface area contributed by atoms with Gasteiger partial charge in [0.05, 0.1) is 0 Å². The quantitative estimate of drug-likeness (QED) is 0.137. The second-order valence-corrected chi connectivity index (χ2v) is 12.2. The van der Waals surface area contributed by atoms with Crippen LogP contribution in [0.15, 0.2) is 0 Å². The summed E-state index contributed by atoms with van der Waals surface area (Å²) in [6, 6.07) is 0. The van der Waals surface area contributed by atoms with Crippen molar-refractivity contribution in [1.29, 1.82) is 0 Å². The molecule has 0 rings (SSSR count). The molecule has 0 bridgehead atoms. The van der Waals surface area contributed by atoms with Crippen LogP contribution >= 0.6 is 0 Å². The standard InChI is InChI=1S/C24H50Se/c1-5-7-9-11-13-15-17-19-21-23(3)25-24(4)22-20-18-16-14-12-10-8-6-2/h23-24H,5-22H2,1-4H3. The third kappa shape index (κ3) is 20.7. The van der Waals surface area contributed by atoms with Gasteiger partial charge >= 0.3 is 168 Å². The maximum atomic E-state index is 2.52. The first-order chi connectivity index (χ1) is 12.2. The molecule has 0 aliphatic heterocycles. The van der Waals surface area contributed by atoms with E-state index in [9.17, 15) is 0 Å².